The van der Waals surface area contributed by atoms with Crippen molar-refractivity contribution in [3.8, 4) is 28.7 Å². The number of aromatic hydroxyl groups is 1. The average molecular weight is 367 g/mol. The van der Waals surface area contributed by atoms with Crippen molar-refractivity contribution in [2.45, 2.75) is 13.8 Å². The van der Waals surface area contributed by atoms with Gasteiger partial charge in [-0.15, -0.1) is 0 Å². The summed E-state index contributed by atoms with van der Waals surface area (Å²) < 4.78 is 6.41. The molecule has 3 aromatic rings. The van der Waals surface area contributed by atoms with Crippen LogP contribution in [0.15, 0.2) is 42.9 Å². The standard InChI is InChI=1S/C19H21N5O3/c1-12(2)9-22-18(25)14-4-5-16(21-10-14)24-19(26)15(11-23-24)13-6-7-20-17(8-13)27-3/h4-8,10-12,26H,9H2,1-3H3,(H,22,25). The second-order valence-corrected chi connectivity index (χ2v) is 6.39. The number of nitrogens with one attached hydrogen (secondary N) is 1. The van der Waals surface area contributed by atoms with Crippen LogP contribution >= 0.6 is 0 Å². The lowest BCUT2D eigenvalue weighted by molar-refractivity contribution is 0.0948. The Morgan fingerprint density at radius 3 is 2.74 bits per heavy atom. The molecule has 0 bridgehead atoms. The van der Waals surface area contributed by atoms with Crippen molar-refractivity contribution in [2.75, 3.05) is 13.7 Å². The molecule has 0 unspecified atom stereocenters. The van der Waals surface area contributed by atoms with E-state index in [4.69, 9.17) is 4.74 Å². The van der Waals surface area contributed by atoms with Crippen molar-refractivity contribution in [1.29, 1.82) is 0 Å². The van der Waals surface area contributed by atoms with Gasteiger partial charge in [0.1, 0.15) is 0 Å². The summed E-state index contributed by atoms with van der Waals surface area (Å²) in [5, 5.41) is 17.6. The molecule has 0 radical (unpaired) electrons. The highest BCUT2D eigenvalue weighted by Crippen LogP contribution is 2.31. The molecule has 27 heavy (non-hydrogen) atoms. The first-order valence-corrected chi connectivity index (χ1v) is 8.51. The molecular formula is C19H21N5O3. The van der Waals surface area contributed by atoms with Crippen LogP contribution in [0.5, 0.6) is 11.8 Å². The van der Waals surface area contributed by atoms with Gasteiger partial charge in [0, 0.05) is 25.0 Å². The number of rotatable bonds is 6. The number of hydrogen-bond acceptors (Lipinski definition) is 6. The van der Waals surface area contributed by atoms with Crippen LogP contribution in [-0.2, 0) is 0 Å². The Morgan fingerprint density at radius 1 is 1.26 bits per heavy atom. The van der Waals surface area contributed by atoms with Crippen LogP contribution in [-0.4, -0.2) is 44.4 Å². The van der Waals surface area contributed by atoms with Gasteiger partial charge in [0.25, 0.3) is 5.91 Å². The van der Waals surface area contributed by atoms with Crippen LogP contribution < -0.4 is 10.1 Å². The van der Waals surface area contributed by atoms with E-state index in [1.165, 1.54) is 24.2 Å². The molecule has 3 heterocycles. The molecule has 2 N–H and O–H groups in total. The molecule has 8 heteroatoms. The molecule has 0 aromatic carbocycles. The van der Waals surface area contributed by atoms with Gasteiger partial charge in [-0.1, -0.05) is 13.8 Å². The van der Waals surface area contributed by atoms with Gasteiger partial charge in [0.15, 0.2) is 5.82 Å². The van der Waals surface area contributed by atoms with Gasteiger partial charge < -0.3 is 15.2 Å². The van der Waals surface area contributed by atoms with E-state index >= 15 is 0 Å². The summed E-state index contributed by atoms with van der Waals surface area (Å²) in [5.74, 6) is 0.965. The maximum Gasteiger partial charge on any atom is 0.252 e. The number of carbonyl (C=O) groups is 1. The minimum atomic E-state index is -0.183. The van der Waals surface area contributed by atoms with Crippen LogP contribution in [0.2, 0.25) is 0 Å². The fraction of sp³-hybridized carbons (Fsp3) is 0.263. The van der Waals surface area contributed by atoms with Crippen LogP contribution in [0.1, 0.15) is 24.2 Å². The number of carbonyl (C=O) groups excluding carboxylic acids is 1. The summed E-state index contributed by atoms with van der Waals surface area (Å²) in [7, 11) is 1.53. The Bertz CT molecular complexity index is 935. The third-order valence-electron chi connectivity index (χ3n) is 3.90. The minimum absolute atomic E-state index is 0.0623. The van der Waals surface area contributed by atoms with E-state index in [-0.39, 0.29) is 11.8 Å². The molecule has 0 spiro atoms. The lowest BCUT2D eigenvalue weighted by Crippen LogP contribution is -2.27. The van der Waals surface area contributed by atoms with Crippen LogP contribution in [0, 0.1) is 5.92 Å². The molecule has 3 rings (SSSR count). The number of aromatic nitrogens is 4. The number of amides is 1. The van der Waals surface area contributed by atoms with Crippen LogP contribution in [0.4, 0.5) is 0 Å². The van der Waals surface area contributed by atoms with E-state index < -0.39 is 0 Å². The Balaban J connectivity index is 1.83. The Morgan fingerprint density at radius 2 is 2.07 bits per heavy atom. The molecule has 0 saturated heterocycles. The minimum Gasteiger partial charge on any atom is -0.493 e. The average Bonchev–Trinajstić information content (AvgIpc) is 3.07. The van der Waals surface area contributed by atoms with Crippen molar-refractivity contribution in [3.05, 3.63) is 48.4 Å². The third-order valence-corrected chi connectivity index (χ3v) is 3.90. The highest BCUT2D eigenvalue weighted by Gasteiger charge is 2.15. The van der Waals surface area contributed by atoms with E-state index in [9.17, 15) is 9.90 Å². The van der Waals surface area contributed by atoms with E-state index in [0.29, 0.717) is 35.3 Å². The molecule has 1 amide bonds. The molecular weight excluding hydrogens is 346 g/mol. The van der Waals surface area contributed by atoms with Gasteiger partial charge in [-0.3, -0.25) is 4.79 Å². The fourth-order valence-electron chi connectivity index (χ4n) is 2.45. The maximum atomic E-state index is 12.1. The zero-order valence-corrected chi connectivity index (χ0v) is 15.4. The molecule has 0 aliphatic rings. The molecule has 0 aliphatic heterocycles. The van der Waals surface area contributed by atoms with Gasteiger partial charge in [-0.25, -0.2) is 9.97 Å². The Hall–Kier alpha value is -3.42. The van der Waals surface area contributed by atoms with Gasteiger partial charge in [-0.2, -0.15) is 9.78 Å². The van der Waals surface area contributed by atoms with E-state index in [0.717, 1.165) is 5.56 Å². The number of methoxy groups -OCH3 is 1. The summed E-state index contributed by atoms with van der Waals surface area (Å²) in [6.07, 6.45) is 4.59. The van der Waals surface area contributed by atoms with Crippen LogP contribution in [0.3, 0.4) is 0 Å². The molecule has 3 aromatic heterocycles. The smallest absolute Gasteiger partial charge is 0.252 e. The number of pyridine rings is 2. The zero-order valence-electron chi connectivity index (χ0n) is 15.4. The first kappa shape index (κ1) is 18.4. The predicted molar refractivity (Wildman–Crippen MR) is 100.0 cm³/mol. The van der Waals surface area contributed by atoms with Crippen molar-refractivity contribution < 1.29 is 14.6 Å². The molecule has 0 atom stereocenters. The lowest BCUT2D eigenvalue weighted by atomic mass is 10.1. The van der Waals surface area contributed by atoms with Crippen molar-refractivity contribution in [3.63, 3.8) is 0 Å². The first-order valence-electron chi connectivity index (χ1n) is 8.51. The first-order chi connectivity index (χ1) is 13.0. The quantitative estimate of drug-likeness (QED) is 0.694. The van der Waals surface area contributed by atoms with E-state index in [1.807, 2.05) is 13.8 Å². The van der Waals surface area contributed by atoms with E-state index in [1.54, 1.807) is 30.5 Å². The van der Waals surface area contributed by atoms with Crippen molar-refractivity contribution >= 4 is 5.91 Å². The van der Waals surface area contributed by atoms with Gasteiger partial charge in [0.05, 0.1) is 24.4 Å². The molecule has 0 saturated carbocycles. The topological polar surface area (TPSA) is 102 Å². The molecule has 0 aliphatic carbocycles. The zero-order chi connectivity index (χ0) is 19.4. The summed E-state index contributed by atoms with van der Waals surface area (Å²) in [6.45, 7) is 4.65. The Labute approximate surface area is 156 Å². The summed E-state index contributed by atoms with van der Waals surface area (Å²) in [5.41, 5.74) is 1.69. The molecule has 140 valence electrons. The fourth-order valence-corrected chi connectivity index (χ4v) is 2.45. The maximum absolute atomic E-state index is 12.1. The predicted octanol–water partition coefficient (Wildman–Crippen LogP) is 2.43. The highest BCUT2D eigenvalue weighted by atomic mass is 16.5. The normalized spacial score (nSPS) is 10.8. The lowest BCUT2D eigenvalue weighted by Gasteiger charge is -2.08. The monoisotopic (exact) mass is 367 g/mol. The molecule has 0 fully saturated rings. The third kappa shape index (κ3) is 4.05. The van der Waals surface area contributed by atoms with Crippen LogP contribution in [0.25, 0.3) is 16.9 Å². The van der Waals surface area contributed by atoms with Gasteiger partial charge in [0.2, 0.25) is 11.8 Å². The Kier molecular flexibility index (Phi) is 5.35. The number of nitrogens with zero attached hydrogens (tertiary/aromatic N) is 4. The summed E-state index contributed by atoms with van der Waals surface area (Å²) in [4.78, 5) is 20.4. The number of hydrogen-bond donors (Lipinski definition) is 2. The summed E-state index contributed by atoms with van der Waals surface area (Å²) in [6, 6.07) is 6.73. The van der Waals surface area contributed by atoms with Crippen molar-refractivity contribution in [1.82, 2.24) is 25.1 Å². The van der Waals surface area contributed by atoms with E-state index in [2.05, 4.69) is 20.4 Å². The molecule has 8 nitrogen and oxygen atoms in total. The second kappa shape index (κ2) is 7.86. The van der Waals surface area contributed by atoms with Gasteiger partial charge in [-0.05, 0) is 29.7 Å². The second-order valence-electron chi connectivity index (χ2n) is 6.39. The number of ether oxygens (including phenoxy) is 1. The largest absolute Gasteiger partial charge is 0.493 e. The van der Waals surface area contributed by atoms with Gasteiger partial charge >= 0.3 is 0 Å². The summed E-state index contributed by atoms with van der Waals surface area (Å²) >= 11 is 0. The van der Waals surface area contributed by atoms with Crippen molar-refractivity contribution in [2.24, 2.45) is 5.92 Å². The SMILES string of the molecule is COc1cc(-c2cnn(-c3ccc(C(=O)NCC(C)C)cn3)c2O)ccn1. The highest BCUT2D eigenvalue weighted by molar-refractivity contribution is 5.93.